The zero-order valence-corrected chi connectivity index (χ0v) is 12.7. The first-order chi connectivity index (χ1) is 9.20. The predicted octanol–water partition coefficient (Wildman–Crippen LogP) is 3.45. The lowest BCUT2D eigenvalue weighted by molar-refractivity contribution is 0.0954. The maximum Gasteiger partial charge on any atom is 0.272 e. The number of carbonyl (C=O) groups excluding carboxylic acids is 1. The summed E-state index contributed by atoms with van der Waals surface area (Å²) in [4.78, 5) is 16.8. The molecular formula is C13H12BrN3OS. The Balaban J connectivity index is 2.10. The molecule has 0 saturated carbocycles. The van der Waals surface area contributed by atoms with E-state index in [-0.39, 0.29) is 5.91 Å². The maximum absolute atomic E-state index is 11.8. The Bertz CT molecular complexity index is 595. The number of pyridine rings is 1. The van der Waals surface area contributed by atoms with Gasteiger partial charge in [-0.3, -0.25) is 9.78 Å². The second kappa shape index (κ2) is 6.58. The second-order valence-corrected chi connectivity index (χ2v) is 6.16. The standard InChI is InChI=1S/C13H12BrN3OS/c1-2-10(11-5-6-12(14)19-11)16-17-13(18)9-4-3-7-15-8-9/h3-8H,2H2,1H3,(H,17,18)/b16-10+. The summed E-state index contributed by atoms with van der Waals surface area (Å²) >= 11 is 5.00. The molecule has 0 radical (unpaired) electrons. The van der Waals surface area contributed by atoms with Gasteiger partial charge < -0.3 is 0 Å². The van der Waals surface area contributed by atoms with Crippen LogP contribution in [-0.2, 0) is 0 Å². The van der Waals surface area contributed by atoms with Gasteiger partial charge in [0.25, 0.3) is 5.91 Å². The first-order valence-electron chi connectivity index (χ1n) is 5.73. The van der Waals surface area contributed by atoms with Gasteiger partial charge in [-0.05, 0) is 46.6 Å². The summed E-state index contributed by atoms with van der Waals surface area (Å²) < 4.78 is 1.04. The molecule has 2 aromatic rings. The van der Waals surface area contributed by atoms with Crippen molar-refractivity contribution >= 4 is 38.9 Å². The molecule has 19 heavy (non-hydrogen) atoms. The summed E-state index contributed by atoms with van der Waals surface area (Å²) in [5.74, 6) is -0.255. The third-order valence-corrected chi connectivity index (χ3v) is 4.08. The van der Waals surface area contributed by atoms with Crippen LogP contribution in [0.2, 0.25) is 0 Å². The van der Waals surface area contributed by atoms with Gasteiger partial charge in [-0.2, -0.15) is 5.10 Å². The lowest BCUT2D eigenvalue weighted by Crippen LogP contribution is -2.19. The fourth-order valence-electron chi connectivity index (χ4n) is 1.46. The normalized spacial score (nSPS) is 11.4. The van der Waals surface area contributed by atoms with E-state index in [0.29, 0.717) is 5.56 Å². The van der Waals surface area contributed by atoms with E-state index in [4.69, 9.17) is 0 Å². The molecule has 0 bridgehead atoms. The van der Waals surface area contributed by atoms with Crippen molar-refractivity contribution in [3.8, 4) is 0 Å². The van der Waals surface area contributed by atoms with Crippen LogP contribution in [0.25, 0.3) is 0 Å². The lowest BCUT2D eigenvalue weighted by Gasteiger charge is -2.02. The van der Waals surface area contributed by atoms with Crippen LogP contribution in [0.5, 0.6) is 0 Å². The van der Waals surface area contributed by atoms with Crippen LogP contribution >= 0.6 is 27.3 Å². The number of amides is 1. The zero-order chi connectivity index (χ0) is 13.7. The quantitative estimate of drug-likeness (QED) is 0.686. The number of hydrogen-bond acceptors (Lipinski definition) is 4. The number of hydrazone groups is 1. The molecule has 0 fully saturated rings. The molecular weight excluding hydrogens is 326 g/mol. The SMILES string of the molecule is CC/C(=N\NC(=O)c1cccnc1)c1ccc(Br)s1. The fourth-order valence-corrected chi connectivity index (χ4v) is 2.90. The monoisotopic (exact) mass is 337 g/mol. The Labute approximate surface area is 123 Å². The molecule has 1 N–H and O–H groups in total. The molecule has 6 heteroatoms. The highest BCUT2D eigenvalue weighted by Crippen LogP contribution is 2.23. The second-order valence-electron chi connectivity index (χ2n) is 3.70. The van der Waals surface area contributed by atoms with Crippen LogP contribution in [0.1, 0.15) is 28.6 Å². The average molecular weight is 338 g/mol. The summed E-state index contributed by atoms with van der Waals surface area (Å²) in [6.45, 7) is 2.00. The summed E-state index contributed by atoms with van der Waals surface area (Å²) in [7, 11) is 0. The molecule has 0 unspecified atom stereocenters. The highest BCUT2D eigenvalue weighted by Gasteiger charge is 2.07. The smallest absolute Gasteiger partial charge is 0.267 e. The Morgan fingerprint density at radius 1 is 1.47 bits per heavy atom. The number of aromatic nitrogens is 1. The number of halogens is 1. The van der Waals surface area contributed by atoms with Gasteiger partial charge in [0.1, 0.15) is 0 Å². The van der Waals surface area contributed by atoms with Crippen LogP contribution in [0.4, 0.5) is 0 Å². The van der Waals surface area contributed by atoms with Gasteiger partial charge in [0.2, 0.25) is 0 Å². The average Bonchev–Trinajstić information content (AvgIpc) is 2.87. The third-order valence-electron chi connectivity index (χ3n) is 2.41. The minimum absolute atomic E-state index is 0.255. The molecule has 0 atom stereocenters. The molecule has 0 saturated heterocycles. The fraction of sp³-hybridized carbons (Fsp3) is 0.154. The Morgan fingerprint density at radius 2 is 2.32 bits per heavy atom. The van der Waals surface area contributed by atoms with E-state index in [1.807, 2.05) is 19.1 Å². The number of carbonyl (C=O) groups is 1. The van der Waals surface area contributed by atoms with Crippen molar-refractivity contribution in [2.75, 3.05) is 0 Å². The number of hydrogen-bond donors (Lipinski definition) is 1. The number of nitrogens with one attached hydrogen (secondary N) is 1. The van der Waals surface area contributed by atoms with Crippen molar-refractivity contribution in [1.29, 1.82) is 0 Å². The highest BCUT2D eigenvalue weighted by molar-refractivity contribution is 9.11. The first-order valence-corrected chi connectivity index (χ1v) is 7.34. The molecule has 4 nitrogen and oxygen atoms in total. The minimum Gasteiger partial charge on any atom is -0.267 e. The van der Waals surface area contributed by atoms with Gasteiger partial charge in [-0.25, -0.2) is 5.43 Å². The molecule has 0 spiro atoms. The largest absolute Gasteiger partial charge is 0.272 e. The maximum atomic E-state index is 11.8. The van der Waals surface area contributed by atoms with Crippen molar-refractivity contribution in [1.82, 2.24) is 10.4 Å². The molecule has 0 aliphatic rings. The van der Waals surface area contributed by atoms with Crippen molar-refractivity contribution in [2.24, 2.45) is 5.10 Å². The Morgan fingerprint density at radius 3 is 2.89 bits per heavy atom. The molecule has 2 heterocycles. The van der Waals surface area contributed by atoms with Gasteiger partial charge in [0.15, 0.2) is 0 Å². The molecule has 0 aliphatic carbocycles. The predicted molar refractivity (Wildman–Crippen MR) is 80.6 cm³/mol. The number of nitrogens with zero attached hydrogens (tertiary/aromatic N) is 2. The molecule has 0 aromatic carbocycles. The van der Waals surface area contributed by atoms with Crippen molar-refractivity contribution in [3.05, 3.63) is 50.9 Å². The van der Waals surface area contributed by atoms with E-state index in [9.17, 15) is 4.79 Å². The topological polar surface area (TPSA) is 54.4 Å². The van der Waals surface area contributed by atoms with Gasteiger partial charge in [-0.1, -0.05) is 6.92 Å². The number of rotatable bonds is 4. The van der Waals surface area contributed by atoms with E-state index in [1.54, 1.807) is 29.7 Å². The van der Waals surface area contributed by atoms with Gasteiger partial charge >= 0.3 is 0 Å². The van der Waals surface area contributed by atoms with Crippen LogP contribution in [0.3, 0.4) is 0 Å². The Kier molecular flexibility index (Phi) is 4.81. The summed E-state index contributed by atoms with van der Waals surface area (Å²) in [6.07, 6.45) is 3.89. The van der Waals surface area contributed by atoms with E-state index in [2.05, 4.69) is 31.4 Å². The summed E-state index contributed by atoms with van der Waals surface area (Å²) in [6, 6.07) is 7.36. The lowest BCUT2D eigenvalue weighted by atomic mass is 10.2. The Hall–Kier alpha value is -1.53. The van der Waals surface area contributed by atoms with Crippen LogP contribution in [0, 0.1) is 0 Å². The van der Waals surface area contributed by atoms with Crippen molar-refractivity contribution in [3.63, 3.8) is 0 Å². The van der Waals surface area contributed by atoms with Crippen molar-refractivity contribution < 1.29 is 4.79 Å². The molecule has 0 aliphatic heterocycles. The summed E-state index contributed by atoms with van der Waals surface area (Å²) in [5, 5.41) is 4.18. The van der Waals surface area contributed by atoms with Gasteiger partial charge in [0, 0.05) is 12.4 Å². The first kappa shape index (κ1) is 13.9. The van der Waals surface area contributed by atoms with E-state index in [1.165, 1.54) is 6.20 Å². The summed E-state index contributed by atoms with van der Waals surface area (Å²) in [5.41, 5.74) is 3.91. The zero-order valence-electron chi connectivity index (χ0n) is 10.3. The van der Waals surface area contributed by atoms with Crippen LogP contribution < -0.4 is 5.43 Å². The highest BCUT2D eigenvalue weighted by atomic mass is 79.9. The third kappa shape index (κ3) is 3.71. The molecule has 2 aromatic heterocycles. The minimum atomic E-state index is -0.255. The molecule has 98 valence electrons. The van der Waals surface area contributed by atoms with Gasteiger partial charge in [-0.15, -0.1) is 11.3 Å². The number of thiophene rings is 1. The van der Waals surface area contributed by atoms with Crippen LogP contribution in [-0.4, -0.2) is 16.6 Å². The van der Waals surface area contributed by atoms with E-state index in [0.717, 1.165) is 20.8 Å². The van der Waals surface area contributed by atoms with Gasteiger partial charge in [0.05, 0.1) is 19.9 Å². The molecule has 2 rings (SSSR count). The van der Waals surface area contributed by atoms with E-state index >= 15 is 0 Å². The molecule has 1 amide bonds. The van der Waals surface area contributed by atoms with E-state index < -0.39 is 0 Å². The van der Waals surface area contributed by atoms with Crippen LogP contribution in [0.15, 0.2) is 45.5 Å². The van der Waals surface area contributed by atoms with Crippen molar-refractivity contribution in [2.45, 2.75) is 13.3 Å².